The molecule has 0 fully saturated rings. The highest BCUT2D eigenvalue weighted by atomic mass is 35.5. The smallest absolute Gasteiger partial charge is 0.0346 e. The number of nitrogens with zero attached hydrogens (tertiary/aromatic N) is 1. The van der Waals surface area contributed by atoms with Crippen LogP contribution in [0.3, 0.4) is 0 Å². The van der Waals surface area contributed by atoms with E-state index >= 15 is 0 Å². The van der Waals surface area contributed by atoms with Crippen LogP contribution < -0.4 is 5.73 Å². The first kappa shape index (κ1) is 9.40. The molecule has 0 saturated carbocycles. The van der Waals surface area contributed by atoms with Gasteiger partial charge in [0.05, 0.1) is 0 Å². The van der Waals surface area contributed by atoms with Crippen molar-refractivity contribution in [3.63, 3.8) is 0 Å². The van der Waals surface area contributed by atoms with E-state index in [0.29, 0.717) is 12.4 Å². The molecule has 0 atom stereocenters. The predicted octanol–water partition coefficient (Wildman–Crippen LogP) is 1.27. The largest absolute Gasteiger partial charge is 0.329 e. The fourth-order valence-electron chi connectivity index (χ4n) is 0.313. The van der Waals surface area contributed by atoms with Crippen LogP contribution in [-0.2, 0) is 0 Å². The van der Waals surface area contributed by atoms with Crippen molar-refractivity contribution in [1.29, 1.82) is 0 Å². The molecule has 10 heavy (non-hydrogen) atoms. The number of hydrogen-bond donors (Lipinski definition) is 1. The summed E-state index contributed by atoms with van der Waals surface area (Å²) in [6.07, 6.45) is 3.50. The SMILES string of the molecule is NCCCl.c1ccncc1. The third-order valence-corrected chi connectivity index (χ3v) is 0.894. The van der Waals surface area contributed by atoms with Gasteiger partial charge in [-0.1, -0.05) is 6.07 Å². The summed E-state index contributed by atoms with van der Waals surface area (Å²) in [5.74, 6) is 0.569. The van der Waals surface area contributed by atoms with Crippen LogP contribution in [0.2, 0.25) is 0 Å². The maximum absolute atomic E-state index is 5.06. The molecule has 3 heteroatoms. The first-order chi connectivity index (χ1) is 4.91. The zero-order chi connectivity index (χ0) is 7.66. The highest BCUT2D eigenvalue weighted by Gasteiger charge is 1.58. The van der Waals surface area contributed by atoms with Crippen molar-refractivity contribution in [3.8, 4) is 0 Å². The van der Waals surface area contributed by atoms with Gasteiger partial charge in [0.25, 0.3) is 0 Å². The van der Waals surface area contributed by atoms with Crippen molar-refractivity contribution in [1.82, 2.24) is 4.98 Å². The standard InChI is InChI=1S/C5H5N.C2H6ClN/c1-2-4-6-5-3-1;3-1-2-4/h1-5H;1-2,4H2. The highest BCUT2D eigenvalue weighted by molar-refractivity contribution is 6.18. The van der Waals surface area contributed by atoms with E-state index in [9.17, 15) is 0 Å². The zero-order valence-electron chi connectivity index (χ0n) is 5.70. The Hall–Kier alpha value is -0.600. The van der Waals surface area contributed by atoms with Crippen LogP contribution >= 0.6 is 11.6 Å². The van der Waals surface area contributed by atoms with Gasteiger partial charge in [0.15, 0.2) is 0 Å². The van der Waals surface area contributed by atoms with E-state index in [0.717, 1.165) is 0 Å². The molecule has 0 spiro atoms. The third kappa shape index (κ3) is 7.40. The molecule has 56 valence electrons. The van der Waals surface area contributed by atoms with E-state index in [1.54, 1.807) is 12.4 Å². The van der Waals surface area contributed by atoms with Crippen molar-refractivity contribution >= 4 is 11.6 Å². The molecule has 0 aliphatic rings. The maximum atomic E-state index is 5.06. The number of rotatable bonds is 1. The summed E-state index contributed by atoms with van der Waals surface area (Å²) in [6, 6.07) is 5.72. The first-order valence-corrected chi connectivity index (χ1v) is 3.56. The molecular formula is C7H11ClN2. The summed E-state index contributed by atoms with van der Waals surface area (Å²) in [5.41, 5.74) is 4.90. The quantitative estimate of drug-likeness (QED) is 0.626. The molecule has 0 aromatic carbocycles. The van der Waals surface area contributed by atoms with Gasteiger partial charge in [0, 0.05) is 24.8 Å². The molecule has 0 saturated heterocycles. The van der Waals surface area contributed by atoms with Crippen LogP contribution in [-0.4, -0.2) is 17.4 Å². The van der Waals surface area contributed by atoms with Gasteiger partial charge in [-0.15, -0.1) is 11.6 Å². The summed E-state index contributed by atoms with van der Waals surface area (Å²) < 4.78 is 0. The molecule has 0 unspecified atom stereocenters. The third-order valence-electron chi connectivity index (χ3n) is 0.676. The Bertz CT molecular complexity index is 104. The number of halogens is 1. The van der Waals surface area contributed by atoms with Gasteiger partial charge < -0.3 is 5.73 Å². The van der Waals surface area contributed by atoms with Crippen LogP contribution in [0.5, 0.6) is 0 Å². The molecule has 0 radical (unpaired) electrons. The lowest BCUT2D eigenvalue weighted by molar-refractivity contribution is 1.14. The number of pyridine rings is 1. The fourth-order valence-corrected chi connectivity index (χ4v) is 0.313. The van der Waals surface area contributed by atoms with E-state index in [1.165, 1.54) is 0 Å². The van der Waals surface area contributed by atoms with E-state index in [-0.39, 0.29) is 0 Å². The number of aromatic nitrogens is 1. The second kappa shape index (κ2) is 8.40. The van der Waals surface area contributed by atoms with Crippen molar-refractivity contribution < 1.29 is 0 Å². The molecule has 0 amide bonds. The lowest BCUT2D eigenvalue weighted by atomic mass is 10.5. The maximum Gasteiger partial charge on any atom is 0.0346 e. The molecule has 1 heterocycles. The van der Waals surface area contributed by atoms with Crippen LogP contribution in [0, 0.1) is 0 Å². The topological polar surface area (TPSA) is 38.9 Å². The molecule has 1 aromatic heterocycles. The van der Waals surface area contributed by atoms with Crippen LogP contribution in [0.1, 0.15) is 0 Å². The molecular weight excluding hydrogens is 148 g/mol. The Balaban J connectivity index is 0.000000180. The van der Waals surface area contributed by atoms with Gasteiger partial charge in [-0.05, 0) is 12.1 Å². The monoisotopic (exact) mass is 158 g/mol. The van der Waals surface area contributed by atoms with Gasteiger partial charge in [-0.3, -0.25) is 4.98 Å². The minimum absolute atomic E-state index is 0.569. The Morgan fingerprint density at radius 2 is 1.70 bits per heavy atom. The van der Waals surface area contributed by atoms with Crippen LogP contribution in [0.15, 0.2) is 30.6 Å². The molecule has 2 nitrogen and oxygen atoms in total. The minimum atomic E-state index is 0.569. The van der Waals surface area contributed by atoms with Gasteiger partial charge in [-0.2, -0.15) is 0 Å². The van der Waals surface area contributed by atoms with E-state index in [2.05, 4.69) is 4.98 Å². The molecule has 0 aliphatic carbocycles. The lowest BCUT2D eigenvalue weighted by Gasteiger charge is -1.70. The fraction of sp³-hybridized carbons (Fsp3) is 0.286. The molecule has 2 N–H and O–H groups in total. The van der Waals surface area contributed by atoms with Crippen molar-refractivity contribution in [2.75, 3.05) is 12.4 Å². The summed E-state index contributed by atoms with van der Waals surface area (Å²) >= 11 is 5.06. The summed E-state index contributed by atoms with van der Waals surface area (Å²) in [5, 5.41) is 0. The Morgan fingerprint density at radius 1 is 1.20 bits per heavy atom. The molecule has 0 aliphatic heterocycles. The zero-order valence-corrected chi connectivity index (χ0v) is 6.46. The molecule has 1 aromatic rings. The average molecular weight is 159 g/mol. The summed E-state index contributed by atoms with van der Waals surface area (Å²) in [7, 11) is 0. The van der Waals surface area contributed by atoms with E-state index in [4.69, 9.17) is 17.3 Å². The van der Waals surface area contributed by atoms with Crippen LogP contribution in [0.4, 0.5) is 0 Å². The number of nitrogens with two attached hydrogens (primary N) is 1. The van der Waals surface area contributed by atoms with Crippen LogP contribution in [0.25, 0.3) is 0 Å². The van der Waals surface area contributed by atoms with Crippen molar-refractivity contribution in [2.45, 2.75) is 0 Å². The van der Waals surface area contributed by atoms with E-state index < -0.39 is 0 Å². The van der Waals surface area contributed by atoms with Gasteiger partial charge in [0.2, 0.25) is 0 Å². The number of hydrogen-bond acceptors (Lipinski definition) is 2. The number of alkyl halides is 1. The van der Waals surface area contributed by atoms with Crippen molar-refractivity contribution in [3.05, 3.63) is 30.6 Å². The molecule has 0 bridgehead atoms. The van der Waals surface area contributed by atoms with Gasteiger partial charge in [0.1, 0.15) is 0 Å². The van der Waals surface area contributed by atoms with Gasteiger partial charge in [-0.25, -0.2) is 0 Å². The highest BCUT2D eigenvalue weighted by Crippen LogP contribution is 1.73. The minimum Gasteiger partial charge on any atom is -0.329 e. The summed E-state index contributed by atoms with van der Waals surface area (Å²) in [4.78, 5) is 3.78. The Kier molecular flexibility index (Phi) is 7.90. The Labute approximate surface area is 66.0 Å². The molecule has 1 rings (SSSR count). The first-order valence-electron chi connectivity index (χ1n) is 3.03. The van der Waals surface area contributed by atoms with Crippen molar-refractivity contribution in [2.24, 2.45) is 5.73 Å². The van der Waals surface area contributed by atoms with Gasteiger partial charge >= 0.3 is 0 Å². The second-order valence-corrected chi connectivity index (χ2v) is 1.88. The lowest BCUT2D eigenvalue weighted by Crippen LogP contribution is -1.97. The summed E-state index contributed by atoms with van der Waals surface area (Å²) in [6.45, 7) is 0.585. The average Bonchev–Trinajstić information content (AvgIpc) is 2.08. The Morgan fingerprint density at radius 3 is 1.80 bits per heavy atom. The predicted molar refractivity (Wildman–Crippen MR) is 44.0 cm³/mol. The second-order valence-electron chi connectivity index (χ2n) is 1.50. The normalized spacial score (nSPS) is 7.80. The van der Waals surface area contributed by atoms with E-state index in [1.807, 2.05) is 18.2 Å².